The van der Waals surface area contributed by atoms with Crippen LogP contribution < -0.4 is 4.74 Å². The Morgan fingerprint density at radius 3 is 2.54 bits per heavy atom. The monoisotopic (exact) mass is 328 g/mol. The van der Waals surface area contributed by atoms with Crippen molar-refractivity contribution in [2.24, 2.45) is 7.05 Å². The Kier molecular flexibility index (Phi) is 5.21. The second-order valence-electron chi connectivity index (χ2n) is 6.96. The van der Waals surface area contributed by atoms with Gasteiger partial charge in [-0.1, -0.05) is 12.1 Å². The van der Waals surface area contributed by atoms with E-state index in [-0.39, 0.29) is 6.10 Å². The molecule has 1 aliphatic rings. The number of rotatable bonds is 5. The van der Waals surface area contributed by atoms with Gasteiger partial charge in [0.15, 0.2) is 0 Å². The first-order valence-corrected chi connectivity index (χ1v) is 8.67. The molecule has 24 heavy (non-hydrogen) atoms. The predicted octanol–water partition coefficient (Wildman–Crippen LogP) is 2.70. The quantitative estimate of drug-likeness (QED) is 0.845. The molecule has 0 N–H and O–H groups in total. The lowest BCUT2D eigenvalue weighted by Crippen LogP contribution is -2.46. The molecule has 3 rings (SSSR count). The topological polar surface area (TPSA) is 33.5 Å². The van der Waals surface area contributed by atoms with E-state index in [0.717, 1.165) is 31.9 Å². The van der Waals surface area contributed by atoms with Crippen LogP contribution in [0, 0.1) is 0 Å². The lowest BCUT2D eigenvalue weighted by molar-refractivity contribution is 0.0889. The fourth-order valence-corrected chi connectivity index (χ4v) is 3.24. The van der Waals surface area contributed by atoms with Gasteiger partial charge in [-0.25, -0.2) is 4.98 Å². The third-order valence-corrected chi connectivity index (χ3v) is 4.67. The fraction of sp³-hybridized carbons (Fsp3) is 0.526. The van der Waals surface area contributed by atoms with Crippen molar-refractivity contribution in [2.75, 3.05) is 26.7 Å². The molecule has 0 amide bonds. The summed E-state index contributed by atoms with van der Waals surface area (Å²) in [5.41, 5.74) is 2.61. The van der Waals surface area contributed by atoms with Crippen molar-refractivity contribution >= 4 is 0 Å². The minimum atomic E-state index is 0.211. The largest absolute Gasteiger partial charge is 0.491 e. The zero-order chi connectivity index (χ0) is 17.1. The summed E-state index contributed by atoms with van der Waals surface area (Å²) >= 11 is 0. The predicted molar refractivity (Wildman–Crippen MR) is 96.1 cm³/mol. The minimum Gasteiger partial charge on any atom is -0.491 e. The maximum absolute atomic E-state index is 5.75. The number of nitrogens with zero attached hydrogens (tertiary/aromatic N) is 4. The molecule has 130 valence electrons. The summed E-state index contributed by atoms with van der Waals surface area (Å²) in [7, 11) is 4.27. The number of imidazole rings is 1. The number of aromatic nitrogens is 2. The third-order valence-electron chi connectivity index (χ3n) is 4.67. The van der Waals surface area contributed by atoms with E-state index in [1.54, 1.807) is 0 Å². The van der Waals surface area contributed by atoms with Gasteiger partial charge in [-0.15, -0.1) is 0 Å². The first kappa shape index (κ1) is 17.0. The van der Waals surface area contributed by atoms with E-state index in [4.69, 9.17) is 4.74 Å². The SMILES string of the molecule is CC(C)Oc1ccc([C@H]2CN(Cc3cncn3C)CCN2C)cc1. The van der Waals surface area contributed by atoms with E-state index in [2.05, 4.69) is 71.6 Å². The van der Waals surface area contributed by atoms with Gasteiger partial charge in [-0.05, 0) is 38.6 Å². The number of hydrogen-bond donors (Lipinski definition) is 0. The van der Waals surface area contributed by atoms with Gasteiger partial charge in [-0.3, -0.25) is 9.80 Å². The summed E-state index contributed by atoms with van der Waals surface area (Å²) in [5.74, 6) is 0.943. The molecule has 1 atom stereocenters. The Morgan fingerprint density at radius 1 is 1.17 bits per heavy atom. The maximum atomic E-state index is 5.75. The van der Waals surface area contributed by atoms with E-state index in [9.17, 15) is 0 Å². The lowest BCUT2D eigenvalue weighted by Gasteiger charge is -2.39. The molecular formula is C19H28N4O. The van der Waals surface area contributed by atoms with Crippen molar-refractivity contribution in [1.82, 2.24) is 19.4 Å². The molecule has 5 heteroatoms. The number of likely N-dealkylation sites (N-methyl/N-ethyl adjacent to an activating group) is 1. The van der Waals surface area contributed by atoms with Crippen LogP contribution in [-0.4, -0.2) is 52.1 Å². The van der Waals surface area contributed by atoms with E-state index in [0.29, 0.717) is 6.04 Å². The van der Waals surface area contributed by atoms with Crippen LogP contribution in [0.4, 0.5) is 0 Å². The zero-order valence-corrected chi connectivity index (χ0v) is 15.1. The van der Waals surface area contributed by atoms with Crippen LogP contribution in [0.1, 0.15) is 31.1 Å². The number of hydrogen-bond acceptors (Lipinski definition) is 4. The van der Waals surface area contributed by atoms with E-state index >= 15 is 0 Å². The summed E-state index contributed by atoms with van der Waals surface area (Å²) < 4.78 is 7.86. The van der Waals surface area contributed by atoms with Crippen molar-refractivity contribution in [3.63, 3.8) is 0 Å². The Bertz CT molecular complexity index is 650. The van der Waals surface area contributed by atoms with Gasteiger partial charge < -0.3 is 9.30 Å². The Balaban J connectivity index is 1.68. The maximum Gasteiger partial charge on any atom is 0.119 e. The number of ether oxygens (including phenoxy) is 1. The van der Waals surface area contributed by atoms with E-state index < -0.39 is 0 Å². The molecule has 0 radical (unpaired) electrons. The summed E-state index contributed by atoms with van der Waals surface area (Å²) in [6, 6.07) is 8.99. The van der Waals surface area contributed by atoms with Crippen molar-refractivity contribution in [1.29, 1.82) is 0 Å². The molecule has 0 spiro atoms. The molecule has 0 bridgehead atoms. The van der Waals surface area contributed by atoms with E-state index in [1.807, 2.05) is 12.5 Å². The van der Waals surface area contributed by atoms with Gasteiger partial charge in [0.2, 0.25) is 0 Å². The van der Waals surface area contributed by atoms with Crippen LogP contribution in [0.3, 0.4) is 0 Å². The molecule has 1 saturated heterocycles. The summed E-state index contributed by atoms with van der Waals surface area (Å²) in [4.78, 5) is 9.18. The number of aryl methyl sites for hydroxylation is 1. The van der Waals surface area contributed by atoms with Crippen molar-refractivity contribution in [2.45, 2.75) is 32.5 Å². The molecule has 1 aromatic heterocycles. The summed E-state index contributed by atoms with van der Waals surface area (Å²) in [6.45, 7) is 8.26. The second kappa shape index (κ2) is 7.36. The lowest BCUT2D eigenvalue weighted by atomic mass is 10.0. The molecule has 2 heterocycles. The normalized spacial score (nSPS) is 19.8. The van der Waals surface area contributed by atoms with Gasteiger partial charge in [0.05, 0.1) is 18.1 Å². The highest BCUT2D eigenvalue weighted by Gasteiger charge is 2.26. The highest BCUT2D eigenvalue weighted by Crippen LogP contribution is 2.26. The molecule has 0 unspecified atom stereocenters. The molecule has 2 aromatic rings. The number of benzene rings is 1. The zero-order valence-electron chi connectivity index (χ0n) is 15.1. The minimum absolute atomic E-state index is 0.211. The molecular weight excluding hydrogens is 300 g/mol. The van der Waals surface area contributed by atoms with Gasteiger partial charge in [0.1, 0.15) is 5.75 Å². The van der Waals surface area contributed by atoms with E-state index in [1.165, 1.54) is 11.3 Å². The second-order valence-corrected chi connectivity index (χ2v) is 6.96. The summed E-state index contributed by atoms with van der Waals surface area (Å²) in [6.07, 6.45) is 4.05. The average molecular weight is 328 g/mol. The van der Waals surface area contributed by atoms with Crippen LogP contribution in [0.2, 0.25) is 0 Å². The molecule has 0 aliphatic carbocycles. The van der Waals surface area contributed by atoms with Gasteiger partial charge in [0, 0.05) is 45.5 Å². The van der Waals surface area contributed by atoms with Crippen LogP contribution in [0.5, 0.6) is 5.75 Å². The van der Waals surface area contributed by atoms with Crippen LogP contribution >= 0.6 is 0 Å². The van der Waals surface area contributed by atoms with Gasteiger partial charge in [-0.2, -0.15) is 0 Å². The molecule has 1 fully saturated rings. The van der Waals surface area contributed by atoms with Gasteiger partial charge in [0.25, 0.3) is 0 Å². The smallest absolute Gasteiger partial charge is 0.119 e. The van der Waals surface area contributed by atoms with Gasteiger partial charge >= 0.3 is 0 Å². The highest BCUT2D eigenvalue weighted by molar-refractivity contribution is 5.30. The average Bonchev–Trinajstić information content (AvgIpc) is 2.95. The Hall–Kier alpha value is -1.85. The molecule has 0 saturated carbocycles. The van der Waals surface area contributed by atoms with Crippen molar-refractivity contribution in [3.8, 4) is 5.75 Å². The Labute approximate surface area is 144 Å². The molecule has 5 nitrogen and oxygen atoms in total. The molecule has 1 aromatic carbocycles. The number of piperazine rings is 1. The standard InChI is InChI=1S/C19H28N4O/c1-15(2)24-18-7-5-16(6-8-18)19-13-23(10-9-21(19)3)12-17-11-20-14-22(17)4/h5-8,11,14-15,19H,9-10,12-13H2,1-4H3/t19-/m1/s1. The summed E-state index contributed by atoms with van der Waals surface area (Å²) in [5, 5.41) is 0. The van der Waals surface area contributed by atoms with Crippen LogP contribution in [0.15, 0.2) is 36.8 Å². The van der Waals surface area contributed by atoms with Crippen LogP contribution in [-0.2, 0) is 13.6 Å². The van der Waals surface area contributed by atoms with Crippen molar-refractivity contribution in [3.05, 3.63) is 48.0 Å². The first-order chi connectivity index (χ1) is 11.5. The first-order valence-electron chi connectivity index (χ1n) is 8.67. The fourth-order valence-electron chi connectivity index (χ4n) is 3.24. The van der Waals surface area contributed by atoms with Crippen LogP contribution in [0.25, 0.3) is 0 Å². The third kappa shape index (κ3) is 3.97. The highest BCUT2D eigenvalue weighted by atomic mass is 16.5. The Morgan fingerprint density at radius 2 is 1.92 bits per heavy atom. The van der Waals surface area contributed by atoms with Crippen molar-refractivity contribution < 1.29 is 4.74 Å². The molecule has 1 aliphatic heterocycles.